The van der Waals surface area contributed by atoms with E-state index in [0.717, 1.165) is 13.8 Å². The summed E-state index contributed by atoms with van der Waals surface area (Å²) >= 11 is 0. The molecule has 18 nitrogen and oxygen atoms in total. The van der Waals surface area contributed by atoms with E-state index in [9.17, 15) is 60.3 Å². The van der Waals surface area contributed by atoms with Gasteiger partial charge in [0.25, 0.3) is 0 Å². The van der Waals surface area contributed by atoms with E-state index < -0.39 is 117 Å². The lowest BCUT2D eigenvalue weighted by atomic mass is 9.95. The summed E-state index contributed by atoms with van der Waals surface area (Å²) in [6.45, 7) is -0.230. The lowest BCUT2D eigenvalue weighted by Gasteiger charge is -2.47. The number of carbonyl (C=O) groups is 3. The topological polar surface area (TPSA) is 294 Å². The maximum Gasteiger partial charge on any atom is 0.217 e. The van der Waals surface area contributed by atoms with Crippen LogP contribution in [0.5, 0.6) is 0 Å². The number of carbonyl (C=O) groups excluding carboxylic acids is 3. The molecule has 2 aliphatic rings. The Labute approximate surface area is 228 Å². The van der Waals surface area contributed by atoms with Crippen molar-refractivity contribution in [1.82, 2.24) is 10.6 Å². The Bertz CT molecular complexity index is 835. The van der Waals surface area contributed by atoms with E-state index in [4.69, 9.17) is 18.9 Å². The predicted octanol–water partition coefficient (Wildman–Crippen LogP) is -7.44. The van der Waals surface area contributed by atoms with E-state index in [1.165, 1.54) is 0 Å². The minimum Gasteiger partial charge on any atom is -0.394 e. The molecule has 2 fully saturated rings. The number of aliphatic hydroxyl groups excluding tert-OH is 9. The van der Waals surface area contributed by atoms with Gasteiger partial charge >= 0.3 is 0 Å². The van der Waals surface area contributed by atoms with Gasteiger partial charge in [0.1, 0.15) is 79.4 Å². The van der Waals surface area contributed by atoms with Crippen LogP contribution in [0.1, 0.15) is 13.8 Å². The second kappa shape index (κ2) is 15.4. The maximum absolute atomic E-state index is 11.8. The van der Waals surface area contributed by atoms with Gasteiger partial charge in [-0.05, 0) is 0 Å². The number of hydrogen-bond donors (Lipinski definition) is 11. The summed E-state index contributed by atoms with van der Waals surface area (Å²) in [5.41, 5.74) is 0. The summed E-state index contributed by atoms with van der Waals surface area (Å²) in [5.74, 6) is -1.37. The quantitative estimate of drug-likeness (QED) is 0.0893. The van der Waals surface area contributed by atoms with Gasteiger partial charge in [-0.1, -0.05) is 0 Å². The van der Waals surface area contributed by atoms with Gasteiger partial charge in [-0.25, -0.2) is 0 Å². The fraction of sp³-hybridized carbons (Fsp3) is 0.864. The van der Waals surface area contributed by atoms with Crippen LogP contribution in [0.3, 0.4) is 0 Å². The predicted molar refractivity (Wildman–Crippen MR) is 126 cm³/mol. The SMILES string of the molecule is CC(=O)N[C@H]1[C@H](OC[C@@H](O)[C@H](O)[C@H](O)[C@H](C=O)NC(C)=O)O[C@H](CO)[C@@H](O[C@@H]2O[C@H](CO)[C@H](O)[C@H](O)[C@H]2O)[C@@H]1O. The molecule has 11 N–H and O–H groups in total. The molecule has 0 aromatic heterocycles. The van der Waals surface area contributed by atoms with Crippen molar-refractivity contribution in [2.45, 2.75) is 99.6 Å². The minimum absolute atomic E-state index is 0.150. The highest BCUT2D eigenvalue weighted by atomic mass is 16.7. The van der Waals surface area contributed by atoms with E-state index in [-0.39, 0.29) is 6.29 Å². The van der Waals surface area contributed by atoms with Gasteiger partial charge in [0.2, 0.25) is 11.8 Å². The van der Waals surface area contributed by atoms with Crippen LogP contribution in [0.15, 0.2) is 0 Å². The van der Waals surface area contributed by atoms with Crippen LogP contribution in [0.25, 0.3) is 0 Å². The van der Waals surface area contributed by atoms with Gasteiger partial charge in [-0.2, -0.15) is 0 Å². The zero-order valence-electron chi connectivity index (χ0n) is 21.7. The van der Waals surface area contributed by atoms with E-state index in [2.05, 4.69) is 10.6 Å². The summed E-state index contributed by atoms with van der Waals surface area (Å²) in [6.07, 6.45) is -20.4. The van der Waals surface area contributed by atoms with Gasteiger partial charge < -0.3 is 80.3 Å². The zero-order chi connectivity index (χ0) is 30.3. The Kier molecular flexibility index (Phi) is 13.2. The van der Waals surface area contributed by atoms with Crippen molar-refractivity contribution in [2.75, 3.05) is 19.8 Å². The number of aliphatic hydroxyl groups is 9. The van der Waals surface area contributed by atoms with Crippen molar-refractivity contribution in [3.63, 3.8) is 0 Å². The number of ether oxygens (including phenoxy) is 4. The summed E-state index contributed by atoms with van der Waals surface area (Å²) in [4.78, 5) is 34.1. The number of nitrogens with one attached hydrogen (secondary N) is 2. The van der Waals surface area contributed by atoms with Crippen molar-refractivity contribution in [1.29, 1.82) is 0 Å². The molecule has 0 aliphatic carbocycles. The van der Waals surface area contributed by atoms with Gasteiger partial charge in [0, 0.05) is 13.8 Å². The molecule has 0 spiro atoms. The Morgan fingerprint density at radius 1 is 0.850 bits per heavy atom. The molecule has 0 aromatic carbocycles. The summed E-state index contributed by atoms with van der Waals surface area (Å²) in [6, 6.07) is -3.01. The van der Waals surface area contributed by atoms with Crippen LogP contribution in [-0.2, 0) is 33.3 Å². The van der Waals surface area contributed by atoms with Crippen molar-refractivity contribution < 1.29 is 79.3 Å². The molecule has 40 heavy (non-hydrogen) atoms. The molecule has 0 unspecified atom stereocenters. The summed E-state index contributed by atoms with van der Waals surface area (Å²) < 4.78 is 21.8. The Morgan fingerprint density at radius 2 is 1.45 bits per heavy atom. The van der Waals surface area contributed by atoms with Crippen LogP contribution in [0, 0.1) is 0 Å². The van der Waals surface area contributed by atoms with E-state index in [0.29, 0.717) is 0 Å². The molecule has 2 amide bonds. The average Bonchev–Trinajstić information content (AvgIpc) is 2.91. The normalized spacial score (nSPS) is 37.6. The Hall–Kier alpha value is -1.91. The Balaban J connectivity index is 2.16. The molecule has 0 radical (unpaired) electrons. The molecule has 2 aliphatic heterocycles. The smallest absolute Gasteiger partial charge is 0.217 e. The highest BCUT2D eigenvalue weighted by molar-refractivity contribution is 5.77. The lowest BCUT2D eigenvalue weighted by Crippen LogP contribution is -2.67. The van der Waals surface area contributed by atoms with Crippen molar-refractivity contribution >= 4 is 18.1 Å². The number of amides is 2. The largest absolute Gasteiger partial charge is 0.394 e. The summed E-state index contributed by atoms with van der Waals surface area (Å²) in [5, 5.41) is 95.6. The molecule has 2 heterocycles. The third-order valence-electron chi connectivity index (χ3n) is 6.42. The molecule has 0 saturated carbocycles. The highest BCUT2D eigenvalue weighted by Gasteiger charge is 2.51. The first-order valence-electron chi connectivity index (χ1n) is 12.3. The second-order valence-corrected chi connectivity index (χ2v) is 9.48. The first-order chi connectivity index (χ1) is 18.8. The fourth-order valence-electron chi connectivity index (χ4n) is 4.27. The average molecular weight is 587 g/mol. The van der Waals surface area contributed by atoms with Crippen LogP contribution in [0.4, 0.5) is 0 Å². The molecular formula is C22H38N2O16. The van der Waals surface area contributed by atoms with Crippen LogP contribution < -0.4 is 10.6 Å². The molecule has 2 saturated heterocycles. The number of rotatable bonds is 13. The molecule has 0 bridgehead atoms. The first-order valence-corrected chi connectivity index (χ1v) is 12.3. The number of hydrogen-bond acceptors (Lipinski definition) is 16. The van der Waals surface area contributed by atoms with Gasteiger partial charge in [-0.3, -0.25) is 9.59 Å². The Morgan fingerprint density at radius 3 is 1.98 bits per heavy atom. The molecule has 0 aromatic rings. The lowest BCUT2D eigenvalue weighted by molar-refractivity contribution is -0.349. The summed E-state index contributed by atoms with van der Waals surface area (Å²) in [7, 11) is 0. The van der Waals surface area contributed by atoms with Crippen LogP contribution >= 0.6 is 0 Å². The molecule has 18 heteroatoms. The monoisotopic (exact) mass is 586 g/mol. The van der Waals surface area contributed by atoms with Crippen LogP contribution in [-0.4, -0.2) is 170 Å². The number of aldehydes is 1. The molecule has 14 atom stereocenters. The van der Waals surface area contributed by atoms with Gasteiger partial charge in [0.05, 0.1) is 19.8 Å². The highest BCUT2D eigenvalue weighted by Crippen LogP contribution is 2.29. The van der Waals surface area contributed by atoms with E-state index >= 15 is 0 Å². The van der Waals surface area contributed by atoms with E-state index in [1.807, 2.05) is 0 Å². The second-order valence-electron chi connectivity index (χ2n) is 9.48. The first kappa shape index (κ1) is 34.3. The molecule has 232 valence electrons. The molecular weight excluding hydrogens is 548 g/mol. The fourth-order valence-corrected chi connectivity index (χ4v) is 4.27. The third kappa shape index (κ3) is 8.32. The van der Waals surface area contributed by atoms with Crippen LogP contribution in [0.2, 0.25) is 0 Å². The zero-order valence-corrected chi connectivity index (χ0v) is 21.7. The standard InChI is InChI=1S/C22H38N2O16/c1-7(28)23-9(3-25)14(31)15(32)10(30)6-37-21-13(24-8(2)29)17(34)20(12(5-27)39-21)40-22-19(36)18(35)16(33)11(4-26)38-22/h3,9-22,26-27,30-36H,4-6H2,1-2H3,(H,23,28)(H,24,29)/t9-,10+,11+,12+,13+,14+,15-,16-,17+,18-,19+,20+,21+,22-/m0/s1. The molecule has 2 rings (SSSR count). The van der Waals surface area contributed by atoms with Gasteiger partial charge in [-0.15, -0.1) is 0 Å². The van der Waals surface area contributed by atoms with Gasteiger partial charge in [0.15, 0.2) is 12.6 Å². The van der Waals surface area contributed by atoms with Crippen molar-refractivity contribution in [3.8, 4) is 0 Å². The maximum atomic E-state index is 11.8. The van der Waals surface area contributed by atoms with Crippen molar-refractivity contribution in [2.24, 2.45) is 0 Å². The minimum atomic E-state index is -2.01. The van der Waals surface area contributed by atoms with E-state index in [1.54, 1.807) is 0 Å². The third-order valence-corrected chi connectivity index (χ3v) is 6.42. The van der Waals surface area contributed by atoms with Crippen molar-refractivity contribution in [3.05, 3.63) is 0 Å².